The van der Waals surface area contributed by atoms with E-state index in [9.17, 15) is 4.39 Å². The topological polar surface area (TPSA) is 47.1 Å². The minimum Gasteiger partial charge on any atom is -0.395 e. The first kappa shape index (κ1) is 11.7. The van der Waals surface area contributed by atoms with Gasteiger partial charge in [-0.3, -0.25) is 0 Å². The largest absolute Gasteiger partial charge is 0.395 e. The van der Waals surface area contributed by atoms with E-state index in [-0.39, 0.29) is 6.04 Å². The fourth-order valence-electron chi connectivity index (χ4n) is 2.11. The number of nitrogen functional groups attached to an aromatic ring is 1. The average molecular weight is 247 g/mol. The molecule has 2 heterocycles. The number of rotatable bonds is 2. The van der Waals surface area contributed by atoms with Crippen LogP contribution in [0.3, 0.4) is 0 Å². The highest BCUT2D eigenvalue weighted by Crippen LogP contribution is 2.30. The van der Waals surface area contributed by atoms with E-state index in [4.69, 9.17) is 17.3 Å². The van der Waals surface area contributed by atoms with Gasteiger partial charge in [0, 0.05) is 13.1 Å². The molecule has 0 spiro atoms. The fourth-order valence-corrected chi connectivity index (χ4v) is 2.33. The van der Waals surface area contributed by atoms with Gasteiger partial charge < -0.3 is 10.6 Å². The summed E-state index contributed by atoms with van der Waals surface area (Å²) in [6.45, 7) is 4.23. The van der Waals surface area contributed by atoms with Crippen molar-refractivity contribution in [2.75, 3.05) is 25.4 Å². The number of anilines is 1. The van der Waals surface area contributed by atoms with Crippen molar-refractivity contribution in [3.8, 4) is 0 Å². The number of alkyl halides is 1. The molecule has 0 aromatic carbocycles. The Kier molecular flexibility index (Phi) is 3.35. The van der Waals surface area contributed by atoms with Crippen molar-refractivity contribution in [2.24, 2.45) is 0 Å². The third-order valence-corrected chi connectivity index (χ3v) is 3.50. The lowest BCUT2D eigenvalue weighted by molar-refractivity contribution is 0.0876. The van der Waals surface area contributed by atoms with E-state index in [1.807, 2.05) is 6.92 Å². The first-order chi connectivity index (χ1) is 7.63. The molecule has 1 saturated heterocycles. The number of hydrogen-bond acceptors (Lipinski definition) is 3. The Labute approximate surface area is 99.2 Å². The highest BCUT2D eigenvalue weighted by Gasteiger charge is 2.31. The molecule has 0 radical (unpaired) electrons. The van der Waals surface area contributed by atoms with Crippen molar-refractivity contribution >= 4 is 17.3 Å². The zero-order chi connectivity index (χ0) is 11.7. The van der Waals surface area contributed by atoms with E-state index < -0.39 is 6.17 Å². The Hall–Kier alpha value is -0.810. The van der Waals surface area contributed by atoms with Crippen LogP contribution >= 0.6 is 11.6 Å². The maximum Gasteiger partial charge on any atom is 0.150 e. The van der Waals surface area contributed by atoms with Crippen molar-refractivity contribution in [1.82, 2.24) is 14.7 Å². The monoisotopic (exact) mass is 246 g/mol. The summed E-state index contributed by atoms with van der Waals surface area (Å²) < 4.78 is 15.5. The number of nitrogens with zero attached hydrogens (tertiary/aromatic N) is 3. The van der Waals surface area contributed by atoms with Gasteiger partial charge >= 0.3 is 0 Å². The molecule has 4 nitrogen and oxygen atoms in total. The quantitative estimate of drug-likeness (QED) is 0.865. The van der Waals surface area contributed by atoms with Gasteiger partial charge in [-0.15, -0.1) is 0 Å². The molecule has 0 aliphatic carbocycles. The standard InChI is InChI=1S/C10H16ClFN4/c1-2-15-4-3-9(7(12)6-15)16-10(11)8(13)5-14-16/h5,7,9H,2-4,6,13H2,1H3. The normalized spacial score (nSPS) is 27.2. The Morgan fingerprint density at radius 3 is 2.94 bits per heavy atom. The van der Waals surface area contributed by atoms with Crippen LogP contribution in [-0.2, 0) is 0 Å². The fraction of sp³-hybridized carbons (Fsp3) is 0.700. The van der Waals surface area contributed by atoms with Crippen LogP contribution in [0.2, 0.25) is 5.15 Å². The molecule has 2 N–H and O–H groups in total. The highest BCUT2D eigenvalue weighted by atomic mass is 35.5. The van der Waals surface area contributed by atoms with Gasteiger partial charge in [-0.2, -0.15) is 5.10 Å². The van der Waals surface area contributed by atoms with E-state index in [2.05, 4.69) is 10.00 Å². The number of hydrogen-bond donors (Lipinski definition) is 1. The van der Waals surface area contributed by atoms with Gasteiger partial charge in [0.2, 0.25) is 0 Å². The van der Waals surface area contributed by atoms with Crippen LogP contribution in [0.4, 0.5) is 10.1 Å². The molecule has 2 atom stereocenters. The smallest absolute Gasteiger partial charge is 0.150 e. The third-order valence-electron chi connectivity index (χ3n) is 3.11. The predicted octanol–water partition coefficient (Wildman–Crippen LogP) is 1.72. The van der Waals surface area contributed by atoms with Gasteiger partial charge in [0.1, 0.15) is 11.3 Å². The Morgan fingerprint density at radius 1 is 1.69 bits per heavy atom. The summed E-state index contributed by atoms with van der Waals surface area (Å²) in [5.41, 5.74) is 6.01. The molecular formula is C10H16ClFN4. The average Bonchev–Trinajstić information content (AvgIpc) is 2.60. The Balaban J connectivity index is 2.14. The summed E-state index contributed by atoms with van der Waals surface area (Å²) in [6.07, 6.45) is 1.25. The molecule has 1 aliphatic rings. The van der Waals surface area contributed by atoms with Crippen LogP contribution in [0.15, 0.2) is 6.20 Å². The molecule has 1 aromatic rings. The maximum absolute atomic E-state index is 14.0. The van der Waals surface area contributed by atoms with Crippen molar-refractivity contribution < 1.29 is 4.39 Å². The maximum atomic E-state index is 14.0. The molecule has 0 saturated carbocycles. The summed E-state index contributed by atoms with van der Waals surface area (Å²) in [5, 5.41) is 4.39. The van der Waals surface area contributed by atoms with Gasteiger partial charge in [0.25, 0.3) is 0 Å². The molecule has 1 fully saturated rings. The number of halogens is 2. The summed E-state index contributed by atoms with van der Waals surface area (Å²) in [4.78, 5) is 2.09. The lowest BCUT2D eigenvalue weighted by Gasteiger charge is -2.34. The van der Waals surface area contributed by atoms with E-state index >= 15 is 0 Å². The van der Waals surface area contributed by atoms with Gasteiger partial charge in [0.15, 0.2) is 0 Å². The minimum absolute atomic E-state index is 0.285. The Bertz CT molecular complexity index is 368. The van der Waals surface area contributed by atoms with Gasteiger partial charge in [0.05, 0.1) is 17.9 Å². The molecule has 2 unspecified atom stereocenters. The van der Waals surface area contributed by atoms with Crippen LogP contribution in [0.1, 0.15) is 19.4 Å². The number of aromatic nitrogens is 2. The second-order valence-corrected chi connectivity index (χ2v) is 4.46. The molecular weight excluding hydrogens is 231 g/mol. The third kappa shape index (κ3) is 2.01. The van der Waals surface area contributed by atoms with Crippen molar-refractivity contribution in [3.05, 3.63) is 11.3 Å². The van der Waals surface area contributed by atoms with E-state index in [1.54, 1.807) is 0 Å². The van der Waals surface area contributed by atoms with Gasteiger partial charge in [-0.05, 0) is 13.0 Å². The molecule has 0 amide bonds. The molecule has 1 aliphatic heterocycles. The molecule has 6 heteroatoms. The SMILES string of the molecule is CCN1CCC(n2ncc(N)c2Cl)C(F)C1. The van der Waals surface area contributed by atoms with Gasteiger partial charge in [-0.1, -0.05) is 18.5 Å². The minimum atomic E-state index is -0.939. The zero-order valence-electron chi connectivity index (χ0n) is 9.24. The second kappa shape index (κ2) is 4.59. The molecule has 1 aromatic heterocycles. The van der Waals surface area contributed by atoms with Crippen LogP contribution in [-0.4, -0.2) is 40.5 Å². The first-order valence-corrected chi connectivity index (χ1v) is 5.86. The predicted molar refractivity (Wildman–Crippen MR) is 62.3 cm³/mol. The molecule has 90 valence electrons. The molecule has 0 bridgehead atoms. The first-order valence-electron chi connectivity index (χ1n) is 5.48. The van der Waals surface area contributed by atoms with Crippen LogP contribution < -0.4 is 5.73 Å². The lowest BCUT2D eigenvalue weighted by Crippen LogP contribution is -2.42. The summed E-state index contributed by atoms with van der Waals surface area (Å²) in [6, 6.07) is -0.285. The summed E-state index contributed by atoms with van der Waals surface area (Å²) >= 11 is 5.97. The van der Waals surface area contributed by atoms with Crippen LogP contribution in [0, 0.1) is 0 Å². The number of likely N-dealkylation sites (tertiary alicyclic amines) is 1. The molecule has 16 heavy (non-hydrogen) atoms. The highest BCUT2D eigenvalue weighted by molar-refractivity contribution is 6.32. The number of nitrogens with two attached hydrogens (primary N) is 1. The summed E-state index contributed by atoms with van der Waals surface area (Å²) in [5.74, 6) is 0. The number of piperidine rings is 1. The van der Waals surface area contributed by atoms with Crippen LogP contribution in [0.25, 0.3) is 0 Å². The Morgan fingerprint density at radius 2 is 2.44 bits per heavy atom. The zero-order valence-corrected chi connectivity index (χ0v) is 9.99. The van der Waals surface area contributed by atoms with Crippen LogP contribution in [0.5, 0.6) is 0 Å². The van der Waals surface area contributed by atoms with E-state index in [0.717, 1.165) is 19.5 Å². The van der Waals surface area contributed by atoms with Crippen molar-refractivity contribution in [2.45, 2.75) is 25.6 Å². The second-order valence-electron chi connectivity index (χ2n) is 4.10. The van der Waals surface area contributed by atoms with E-state index in [1.165, 1.54) is 10.9 Å². The van der Waals surface area contributed by atoms with E-state index in [0.29, 0.717) is 17.4 Å². The van der Waals surface area contributed by atoms with Crippen molar-refractivity contribution in [1.29, 1.82) is 0 Å². The van der Waals surface area contributed by atoms with Crippen molar-refractivity contribution in [3.63, 3.8) is 0 Å². The summed E-state index contributed by atoms with van der Waals surface area (Å²) in [7, 11) is 0. The lowest BCUT2D eigenvalue weighted by atomic mass is 10.0. The molecule has 2 rings (SSSR count). The van der Waals surface area contributed by atoms with Gasteiger partial charge in [-0.25, -0.2) is 9.07 Å².